The van der Waals surface area contributed by atoms with E-state index in [9.17, 15) is 0 Å². The summed E-state index contributed by atoms with van der Waals surface area (Å²) in [5.74, 6) is 0.344. The molecule has 18 heavy (non-hydrogen) atoms. The summed E-state index contributed by atoms with van der Waals surface area (Å²) in [6.07, 6.45) is 4.45. The Morgan fingerprint density at radius 3 is 2.61 bits per heavy atom. The molecule has 2 saturated carbocycles. The summed E-state index contributed by atoms with van der Waals surface area (Å²) in [4.78, 5) is 0. The van der Waals surface area contributed by atoms with Gasteiger partial charge in [0.2, 0.25) is 0 Å². The topological polar surface area (TPSA) is 79.9 Å². The highest BCUT2D eigenvalue weighted by Crippen LogP contribution is 2.49. The molecule has 2 fully saturated rings. The zero-order valence-corrected chi connectivity index (χ0v) is 11.6. The molecular weight excluding hydrogens is 230 g/mol. The lowest BCUT2D eigenvalue weighted by atomic mass is 9.64. The summed E-state index contributed by atoms with van der Waals surface area (Å²) in [5.41, 5.74) is 6.02. The predicted octanol–water partition coefficient (Wildman–Crippen LogP) is 1.31. The summed E-state index contributed by atoms with van der Waals surface area (Å²) in [5, 5.41) is 15.3. The molecule has 0 heterocycles. The molecule has 0 amide bonds. The first-order valence-corrected chi connectivity index (χ1v) is 6.66. The molecule has 0 aromatic heterocycles. The number of hydrogen-bond donors (Lipinski definition) is 3. The van der Waals surface area contributed by atoms with Gasteiger partial charge in [-0.1, -0.05) is 19.0 Å². The van der Waals surface area contributed by atoms with Crippen molar-refractivity contribution in [1.82, 2.24) is 5.32 Å². The Bertz CT molecular complexity index is 337. The first kappa shape index (κ1) is 13.6. The molecule has 2 rings (SSSR count). The largest absolute Gasteiger partial charge is 0.409 e. The standard InChI is InChI=1S/C13H25N3O2/c1-12(2)9(6-10(12)18-3)15-8-13(4-5-13)7-11(14)16-17/h9-10,15,17H,4-8H2,1-3H3,(H2,14,16). The maximum Gasteiger partial charge on any atom is 0.139 e. The third-order valence-electron chi connectivity index (χ3n) is 4.83. The van der Waals surface area contributed by atoms with E-state index < -0.39 is 0 Å². The summed E-state index contributed by atoms with van der Waals surface area (Å²) >= 11 is 0. The van der Waals surface area contributed by atoms with Crippen LogP contribution in [0.5, 0.6) is 0 Å². The average molecular weight is 255 g/mol. The summed E-state index contributed by atoms with van der Waals surface area (Å²) in [7, 11) is 1.78. The number of methoxy groups -OCH3 is 1. The molecule has 0 spiro atoms. The van der Waals surface area contributed by atoms with Crippen molar-refractivity contribution < 1.29 is 9.94 Å². The van der Waals surface area contributed by atoms with Crippen LogP contribution in [0.2, 0.25) is 0 Å². The Hall–Kier alpha value is -0.810. The average Bonchev–Trinajstić information content (AvgIpc) is 3.08. The fraction of sp³-hybridized carbons (Fsp3) is 0.923. The van der Waals surface area contributed by atoms with Crippen LogP contribution >= 0.6 is 0 Å². The lowest BCUT2D eigenvalue weighted by Crippen LogP contribution is -2.61. The smallest absolute Gasteiger partial charge is 0.139 e. The van der Waals surface area contributed by atoms with E-state index in [2.05, 4.69) is 24.3 Å². The van der Waals surface area contributed by atoms with E-state index in [1.807, 2.05) is 0 Å². The molecular formula is C13H25N3O2. The van der Waals surface area contributed by atoms with Crippen LogP contribution in [0, 0.1) is 10.8 Å². The van der Waals surface area contributed by atoms with Crippen LogP contribution in [0.3, 0.4) is 0 Å². The molecule has 0 radical (unpaired) electrons. The monoisotopic (exact) mass is 255 g/mol. The second-order valence-electron chi connectivity index (χ2n) is 6.48. The molecule has 0 aromatic carbocycles. The van der Waals surface area contributed by atoms with Gasteiger partial charge < -0.3 is 21.0 Å². The van der Waals surface area contributed by atoms with Gasteiger partial charge in [0.25, 0.3) is 0 Å². The number of ether oxygens (including phenoxy) is 1. The molecule has 5 heteroatoms. The summed E-state index contributed by atoms with van der Waals surface area (Å²) in [6, 6.07) is 0.507. The number of oxime groups is 1. The fourth-order valence-corrected chi connectivity index (χ4v) is 2.98. The van der Waals surface area contributed by atoms with E-state index in [0.717, 1.165) is 25.8 Å². The number of hydrogen-bond acceptors (Lipinski definition) is 4. The molecule has 0 aliphatic heterocycles. The minimum absolute atomic E-state index is 0.196. The van der Waals surface area contributed by atoms with E-state index in [1.165, 1.54) is 0 Å². The minimum atomic E-state index is 0.196. The number of rotatable bonds is 6. The third kappa shape index (κ3) is 2.47. The van der Waals surface area contributed by atoms with Crippen molar-refractivity contribution >= 4 is 5.84 Å². The third-order valence-corrected chi connectivity index (χ3v) is 4.83. The molecule has 104 valence electrons. The van der Waals surface area contributed by atoms with Gasteiger partial charge in [0.05, 0.1) is 6.10 Å². The predicted molar refractivity (Wildman–Crippen MR) is 70.7 cm³/mol. The molecule has 5 nitrogen and oxygen atoms in total. The maximum absolute atomic E-state index is 8.64. The minimum Gasteiger partial charge on any atom is -0.409 e. The lowest BCUT2D eigenvalue weighted by Gasteiger charge is -2.51. The highest BCUT2D eigenvalue weighted by atomic mass is 16.5. The van der Waals surface area contributed by atoms with Gasteiger partial charge in [-0.3, -0.25) is 0 Å². The molecule has 2 unspecified atom stereocenters. The number of amidine groups is 1. The van der Waals surface area contributed by atoms with Crippen molar-refractivity contribution in [2.24, 2.45) is 21.7 Å². The van der Waals surface area contributed by atoms with Crippen LogP contribution in [0.25, 0.3) is 0 Å². The number of nitrogens with two attached hydrogens (primary N) is 1. The van der Waals surface area contributed by atoms with Gasteiger partial charge >= 0.3 is 0 Å². The van der Waals surface area contributed by atoms with E-state index in [0.29, 0.717) is 24.4 Å². The second-order valence-corrected chi connectivity index (χ2v) is 6.48. The number of nitrogens with zero attached hydrogens (tertiary/aromatic N) is 1. The van der Waals surface area contributed by atoms with Gasteiger partial charge in [-0.15, -0.1) is 0 Å². The second kappa shape index (κ2) is 4.70. The normalized spacial score (nSPS) is 32.9. The van der Waals surface area contributed by atoms with E-state index in [4.69, 9.17) is 15.7 Å². The van der Waals surface area contributed by atoms with Gasteiger partial charge in [0.15, 0.2) is 0 Å². The molecule has 2 atom stereocenters. The van der Waals surface area contributed by atoms with Gasteiger partial charge in [-0.2, -0.15) is 0 Å². The summed E-state index contributed by atoms with van der Waals surface area (Å²) in [6.45, 7) is 5.44. The Kier molecular flexibility index (Phi) is 3.56. The zero-order valence-electron chi connectivity index (χ0n) is 11.6. The molecule has 2 aliphatic carbocycles. The van der Waals surface area contributed by atoms with Crippen molar-refractivity contribution in [3.63, 3.8) is 0 Å². The van der Waals surface area contributed by atoms with E-state index in [-0.39, 0.29) is 10.8 Å². The van der Waals surface area contributed by atoms with Crippen LogP contribution in [-0.2, 0) is 4.74 Å². The summed E-state index contributed by atoms with van der Waals surface area (Å²) < 4.78 is 5.45. The van der Waals surface area contributed by atoms with Gasteiger partial charge in [-0.05, 0) is 24.7 Å². The fourth-order valence-electron chi connectivity index (χ4n) is 2.98. The highest BCUT2D eigenvalue weighted by molar-refractivity contribution is 5.80. The Labute approximate surface area is 109 Å². The molecule has 0 saturated heterocycles. The first-order chi connectivity index (χ1) is 8.43. The maximum atomic E-state index is 8.64. The van der Waals surface area contributed by atoms with Crippen LogP contribution < -0.4 is 11.1 Å². The van der Waals surface area contributed by atoms with E-state index in [1.54, 1.807) is 7.11 Å². The van der Waals surface area contributed by atoms with Crippen molar-refractivity contribution in [3.05, 3.63) is 0 Å². The number of nitrogens with one attached hydrogen (secondary N) is 1. The van der Waals surface area contributed by atoms with Crippen molar-refractivity contribution in [2.75, 3.05) is 13.7 Å². The van der Waals surface area contributed by atoms with Gasteiger partial charge in [0.1, 0.15) is 5.84 Å². The molecule has 2 aliphatic rings. The van der Waals surface area contributed by atoms with Gasteiger partial charge in [-0.25, -0.2) is 0 Å². The Morgan fingerprint density at radius 1 is 1.50 bits per heavy atom. The quantitative estimate of drug-likeness (QED) is 0.289. The van der Waals surface area contributed by atoms with Crippen LogP contribution in [0.4, 0.5) is 0 Å². The van der Waals surface area contributed by atoms with E-state index >= 15 is 0 Å². The highest BCUT2D eigenvalue weighted by Gasteiger charge is 2.50. The van der Waals surface area contributed by atoms with Gasteiger partial charge in [0, 0.05) is 31.5 Å². The molecule has 0 aromatic rings. The Morgan fingerprint density at radius 2 is 2.17 bits per heavy atom. The first-order valence-electron chi connectivity index (χ1n) is 6.66. The lowest BCUT2D eigenvalue weighted by molar-refractivity contribution is -0.0982. The Balaban J connectivity index is 1.79. The van der Waals surface area contributed by atoms with Crippen LogP contribution in [0.15, 0.2) is 5.16 Å². The SMILES string of the molecule is COC1CC(NCC2(CC(N)=NO)CC2)C1(C)C. The molecule has 4 N–H and O–H groups in total. The van der Waals surface area contributed by atoms with Crippen molar-refractivity contribution in [3.8, 4) is 0 Å². The van der Waals surface area contributed by atoms with Crippen LogP contribution in [0.1, 0.15) is 39.5 Å². The van der Waals surface area contributed by atoms with Crippen molar-refractivity contribution in [1.29, 1.82) is 0 Å². The van der Waals surface area contributed by atoms with Crippen LogP contribution in [-0.4, -0.2) is 36.8 Å². The zero-order chi connectivity index (χ0) is 13.4. The molecule has 0 bridgehead atoms. The van der Waals surface area contributed by atoms with Crippen molar-refractivity contribution in [2.45, 2.75) is 51.7 Å².